The van der Waals surface area contributed by atoms with Crippen LogP contribution in [0, 0.1) is 0 Å². The van der Waals surface area contributed by atoms with Crippen LogP contribution in [-0.4, -0.2) is 46.0 Å². The predicted molar refractivity (Wildman–Crippen MR) is 101 cm³/mol. The second-order valence-corrected chi connectivity index (χ2v) is 6.83. The molecule has 1 aliphatic rings. The fraction of sp³-hybridized carbons (Fsp3) is 0.353. The number of hydrogen-bond donors (Lipinski definition) is 1. The number of carbonyl (C=O) groups is 2. The summed E-state index contributed by atoms with van der Waals surface area (Å²) in [6.45, 7) is 4.10. The number of nitrogens with zero attached hydrogens (tertiary/aromatic N) is 1. The van der Waals surface area contributed by atoms with Gasteiger partial charge in [-0.1, -0.05) is 37.0 Å². The highest BCUT2D eigenvalue weighted by Gasteiger charge is 2.39. The molecule has 1 heterocycles. The molecule has 0 spiro atoms. The molecule has 1 atom stereocenters. The SMILES string of the molecule is CCOc1ccc(/C=C2/SC(=S)N([C@H](CC)C(=O)O)C2=O)cc1OC. The zero-order valence-corrected chi connectivity index (χ0v) is 15.8. The monoisotopic (exact) mass is 381 g/mol. The largest absolute Gasteiger partial charge is 0.493 e. The molecule has 1 aliphatic heterocycles. The van der Waals surface area contributed by atoms with E-state index in [0.29, 0.717) is 23.0 Å². The van der Waals surface area contributed by atoms with Crippen LogP contribution in [0.15, 0.2) is 23.1 Å². The van der Waals surface area contributed by atoms with Crippen molar-refractivity contribution >= 4 is 46.3 Å². The number of amides is 1. The minimum absolute atomic E-state index is 0.253. The molecule has 0 saturated carbocycles. The van der Waals surface area contributed by atoms with E-state index in [0.717, 1.165) is 17.3 Å². The Bertz CT molecular complexity index is 732. The Morgan fingerprint density at radius 1 is 1.40 bits per heavy atom. The van der Waals surface area contributed by atoms with E-state index in [1.165, 1.54) is 4.90 Å². The molecule has 1 fully saturated rings. The molecule has 0 aromatic heterocycles. The lowest BCUT2D eigenvalue weighted by Crippen LogP contribution is -2.43. The molecule has 25 heavy (non-hydrogen) atoms. The van der Waals surface area contributed by atoms with E-state index in [1.807, 2.05) is 6.92 Å². The standard InChI is InChI=1S/C17H19NO5S2/c1-4-11(16(20)21)18-15(19)14(25-17(18)24)9-10-6-7-12(23-5-2)13(8-10)22-3/h6-9,11H,4-5H2,1-3H3,(H,20,21)/b14-9+/t11-/m1/s1. The molecule has 0 radical (unpaired) electrons. The Morgan fingerprint density at radius 3 is 2.68 bits per heavy atom. The van der Waals surface area contributed by atoms with Gasteiger partial charge in [-0.05, 0) is 37.1 Å². The Morgan fingerprint density at radius 2 is 2.12 bits per heavy atom. The van der Waals surface area contributed by atoms with Crippen molar-refractivity contribution in [1.29, 1.82) is 0 Å². The van der Waals surface area contributed by atoms with Gasteiger partial charge in [0.2, 0.25) is 0 Å². The molecule has 1 amide bonds. The maximum atomic E-state index is 12.6. The zero-order valence-electron chi connectivity index (χ0n) is 14.1. The Labute approximate surface area is 155 Å². The van der Waals surface area contributed by atoms with Crippen molar-refractivity contribution in [3.63, 3.8) is 0 Å². The highest BCUT2D eigenvalue weighted by atomic mass is 32.2. The number of benzene rings is 1. The van der Waals surface area contributed by atoms with Gasteiger partial charge in [-0.2, -0.15) is 0 Å². The number of methoxy groups -OCH3 is 1. The number of carbonyl (C=O) groups excluding carboxylic acids is 1. The lowest BCUT2D eigenvalue weighted by molar-refractivity contribution is -0.145. The van der Waals surface area contributed by atoms with Gasteiger partial charge in [-0.25, -0.2) is 4.79 Å². The van der Waals surface area contributed by atoms with Gasteiger partial charge in [0.05, 0.1) is 18.6 Å². The first-order valence-corrected chi connectivity index (χ1v) is 8.96. The van der Waals surface area contributed by atoms with Crippen molar-refractivity contribution in [1.82, 2.24) is 4.90 Å². The van der Waals surface area contributed by atoms with Gasteiger partial charge in [0.15, 0.2) is 11.5 Å². The van der Waals surface area contributed by atoms with Crippen LogP contribution in [0.5, 0.6) is 11.5 Å². The number of thioether (sulfide) groups is 1. The van der Waals surface area contributed by atoms with Crippen molar-refractivity contribution in [3.8, 4) is 11.5 Å². The molecule has 0 aliphatic carbocycles. The van der Waals surface area contributed by atoms with E-state index in [1.54, 1.807) is 38.3 Å². The third-order valence-corrected chi connectivity index (χ3v) is 4.92. The first-order chi connectivity index (χ1) is 11.9. The maximum absolute atomic E-state index is 12.6. The lowest BCUT2D eigenvalue weighted by atomic mass is 10.1. The fourth-order valence-corrected chi connectivity index (χ4v) is 3.77. The number of rotatable bonds is 7. The summed E-state index contributed by atoms with van der Waals surface area (Å²) < 4.78 is 11.0. The van der Waals surface area contributed by atoms with Gasteiger partial charge < -0.3 is 14.6 Å². The van der Waals surface area contributed by atoms with Gasteiger partial charge in [-0.15, -0.1) is 0 Å². The topological polar surface area (TPSA) is 76.1 Å². The van der Waals surface area contributed by atoms with E-state index in [-0.39, 0.29) is 10.7 Å². The van der Waals surface area contributed by atoms with Crippen LogP contribution in [0.4, 0.5) is 0 Å². The quantitative estimate of drug-likeness (QED) is 0.574. The minimum Gasteiger partial charge on any atom is -0.493 e. The highest BCUT2D eigenvalue weighted by molar-refractivity contribution is 8.26. The average molecular weight is 381 g/mol. The Hall–Kier alpha value is -2.06. The van der Waals surface area contributed by atoms with Crippen LogP contribution in [0.1, 0.15) is 25.8 Å². The summed E-state index contributed by atoms with van der Waals surface area (Å²) in [5.41, 5.74) is 0.740. The van der Waals surface area contributed by atoms with E-state index in [2.05, 4.69) is 0 Å². The molecule has 134 valence electrons. The molecule has 0 unspecified atom stereocenters. The maximum Gasteiger partial charge on any atom is 0.326 e. The molecular weight excluding hydrogens is 362 g/mol. The molecule has 1 saturated heterocycles. The number of aliphatic carboxylic acids is 1. The van der Waals surface area contributed by atoms with E-state index in [4.69, 9.17) is 21.7 Å². The molecule has 0 bridgehead atoms. The smallest absolute Gasteiger partial charge is 0.326 e. The second-order valence-electron chi connectivity index (χ2n) is 5.16. The average Bonchev–Trinajstić information content (AvgIpc) is 2.84. The molecule has 1 N–H and O–H groups in total. The number of carboxylic acid groups (broad SMARTS) is 1. The van der Waals surface area contributed by atoms with Crippen molar-refractivity contribution in [2.45, 2.75) is 26.3 Å². The van der Waals surface area contributed by atoms with Crippen LogP contribution in [0.25, 0.3) is 6.08 Å². The van der Waals surface area contributed by atoms with E-state index >= 15 is 0 Å². The third kappa shape index (κ3) is 4.13. The van der Waals surface area contributed by atoms with Crippen LogP contribution in [-0.2, 0) is 9.59 Å². The van der Waals surface area contributed by atoms with Gasteiger partial charge in [0.1, 0.15) is 10.4 Å². The van der Waals surface area contributed by atoms with Crippen molar-refractivity contribution in [2.75, 3.05) is 13.7 Å². The molecule has 2 rings (SSSR count). The number of thiocarbonyl (C=S) groups is 1. The molecule has 1 aromatic rings. The summed E-state index contributed by atoms with van der Waals surface area (Å²) in [5.74, 6) is -0.283. The highest BCUT2D eigenvalue weighted by Crippen LogP contribution is 2.36. The van der Waals surface area contributed by atoms with Gasteiger partial charge in [0, 0.05) is 0 Å². The normalized spacial score (nSPS) is 17.1. The molecule has 1 aromatic carbocycles. The lowest BCUT2D eigenvalue weighted by Gasteiger charge is -2.21. The van der Waals surface area contributed by atoms with E-state index < -0.39 is 17.9 Å². The third-order valence-electron chi connectivity index (χ3n) is 3.59. The van der Waals surface area contributed by atoms with Crippen LogP contribution in [0.2, 0.25) is 0 Å². The van der Waals surface area contributed by atoms with Gasteiger partial charge >= 0.3 is 5.97 Å². The number of hydrogen-bond acceptors (Lipinski definition) is 6. The Kier molecular flexibility index (Phi) is 6.44. The summed E-state index contributed by atoms with van der Waals surface area (Å²) >= 11 is 6.29. The van der Waals surface area contributed by atoms with Crippen LogP contribution in [0.3, 0.4) is 0 Å². The van der Waals surface area contributed by atoms with Crippen molar-refractivity contribution in [3.05, 3.63) is 28.7 Å². The molecular formula is C17H19NO5S2. The molecule has 6 nitrogen and oxygen atoms in total. The number of ether oxygens (including phenoxy) is 2. The first kappa shape index (κ1) is 19.3. The van der Waals surface area contributed by atoms with Crippen LogP contribution >= 0.6 is 24.0 Å². The van der Waals surface area contributed by atoms with Crippen LogP contribution < -0.4 is 9.47 Å². The summed E-state index contributed by atoms with van der Waals surface area (Å²) in [5, 5.41) is 9.28. The zero-order chi connectivity index (χ0) is 18.6. The predicted octanol–water partition coefficient (Wildman–Crippen LogP) is 3.16. The first-order valence-electron chi connectivity index (χ1n) is 7.73. The van der Waals surface area contributed by atoms with Gasteiger partial charge in [-0.3, -0.25) is 9.69 Å². The summed E-state index contributed by atoms with van der Waals surface area (Å²) in [6.07, 6.45) is 1.96. The second kappa shape index (κ2) is 8.35. The van der Waals surface area contributed by atoms with E-state index in [9.17, 15) is 14.7 Å². The molecule has 8 heteroatoms. The summed E-state index contributed by atoms with van der Waals surface area (Å²) in [4.78, 5) is 25.5. The fourth-order valence-electron chi connectivity index (χ4n) is 2.42. The Balaban J connectivity index is 2.31. The summed E-state index contributed by atoms with van der Waals surface area (Å²) in [7, 11) is 1.54. The van der Waals surface area contributed by atoms with Gasteiger partial charge in [0.25, 0.3) is 5.91 Å². The van der Waals surface area contributed by atoms with Crippen molar-refractivity contribution < 1.29 is 24.2 Å². The van der Waals surface area contributed by atoms with Crippen molar-refractivity contribution in [2.24, 2.45) is 0 Å². The number of carboxylic acids is 1. The summed E-state index contributed by atoms with van der Waals surface area (Å²) in [6, 6.07) is 4.37. The minimum atomic E-state index is -1.07.